The summed E-state index contributed by atoms with van der Waals surface area (Å²) in [6.45, 7) is 0. The predicted octanol–water partition coefficient (Wildman–Crippen LogP) is 7.19. The average molecular weight is 498 g/mol. The maximum atomic E-state index is 13.5. The summed E-state index contributed by atoms with van der Waals surface area (Å²) in [4.78, 5) is 15.2. The molecule has 0 bridgehead atoms. The van der Waals surface area contributed by atoms with Crippen LogP contribution in [0.2, 0.25) is 0 Å². The van der Waals surface area contributed by atoms with Crippen LogP contribution in [0.1, 0.15) is 11.3 Å². The molecular formula is C28H20BrNO3. The number of amides is 1. The Balaban J connectivity index is 1.54. The van der Waals surface area contributed by atoms with E-state index in [2.05, 4.69) is 15.9 Å². The van der Waals surface area contributed by atoms with Crippen molar-refractivity contribution in [2.75, 3.05) is 12.0 Å². The van der Waals surface area contributed by atoms with Crippen molar-refractivity contribution in [2.45, 2.75) is 0 Å². The molecule has 1 aliphatic rings. The number of carbonyl (C=O) groups is 1. The molecule has 1 aromatic heterocycles. The van der Waals surface area contributed by atoms with E-state index in [-0.39, 0.29) is 5.91 Å². The van der Waals surface area contributed by atoms with Gasteiger partial charge in [-0.1, -0.05) is 64.5 Å². The summed E-state index contributed by atoms with van der Waals surface area (Å²) < 4.78 is 12.4. The van der Waals surface area contributed by atoms with Crippen LogP contribution in [0, 0.1) is 0 Å². The normalized spacial score (nSPS) is 14.6. The van der Waals surface area contributed by atoms with Crippen LogP contribution in [0.4, 0.5) is 5.69 Å². The summed E-state index contributed by atoms with van der Waals surface area (Å²) in [5.74, 6) is 1.93. The van der Waals surface area contributed by atoms with Crippen LogP contribution in [0.15, 0.2) is 112 Å². The van der Waals surface area contributed by atoms with Gasteiger partial charge in [0.15, 0.2) is 0 Å². The summed E-state index contributed by atoms with van der Waals surface area (Å²) in [6.07, 6.45) is 3.69. The Labute approximate surface area is 200 Å². The Bertz CT molecular complexity index is 1370. The molecule has 5 heteroatoms. The number of benzene rings is 3. The molecule has 4 nitrogen and oxygen atoms in total. The van der Waals surface area contributed by atoms with Gasteiger partial charge < -0.3 is 9.15 Å². The highest BCUT2D eigenvalue weighted by Crippen LogP contribution is 2.37. The van der Waals surface area contributed by atoms with Gasteiger partial charge in [-0.3, -0.25) is 9.69 Å². The van der Waals surface area contributed by atoms with Crippen molar-refractivity contribution < 1.29 is 13.9 Å². The van der Waals surface area contributed by atoms with Crippen molar-refractivity contribution in [1.82, 2.24) is 0 Å². The van der Waals surface area contributed by atoms with Crippen LogP contribution in [0.5, 0.6) is 5.75 Å². The number of halogens is 1. The maximum Gasteiger partial charge on any atom is 0.263 e. The molecule has 33 heavy (non-hydrogen) atoms. The summed E-state index contributed by atoms with van der Waals surface area (Å²) in [5.41, 5.74) is 4.02. The highest BCUT2D eigenvalue weighted by atomic mass is 79.9. The van der Waals surface area contributed by atoms with E-state index in [1.54, 1.807) is 18.1 Å². The van der Waals surface area contributed by atoms with E-state index in [4.69, 9.17) is 9.15 Å². The van der Waals surface area contributed by atoms with Gasteiger partial charge in [0.25, 0.3) is 5.91 Å². The first-order valence-corrected chi connectivity index (χ1v) is 11.2. The SMILES string of the molecule is COc1cccc(N2C(=O)C(=Cc3ccc(-c4ccc(Br)cc4)o3)C=C2c2ccccc2)c1. The number of methoxy groups -OCH3 is 1. The van der Waals surface area contributed by atoms with Crippen LogP contribution in [0.3, 0.4) is 0 Å². The molecule has 162 valence electrons. The second kappa shape index (κ2) is 8.96. The minimum absolute atomic E-state index is 0.122. The van der Waals surface area contributed by atoms with Crippen LogP contribution in [-0.2, 0) is 4.79 Å². The van der Waals surface area contributed by atoms with Crippen molar-refractivity contribution >= 4 is 39.3 Å². The predicted molar refractivity (Wildman–Crippen MR) is 135 cm³/mol. The summed E-state index contributed by atoms with van der Waals surface area (Å²) in [5, 5.41) is 0. The Morgan fingerprint density at radius 3 is 2.42 bits per heavy atom. The quantitative estimate of drug-likeness (QED) is 0.274. The van der Waals surface area contributed by atoms with Gasteiger partial charge in [-0.15, -0.1) is 0 Å². The molecule has 1 aliphatic heterocycles. The van der Waals surface area contributed by atoms with Crippen LogP contribution in [-0.4, -0.2) is 13.0 Å². The third-order valence-electron chi connectivity index (χ3n) is 5.42. The van der Waals surface area contributed by atoms with E-state index in [0.29, 0.717) is 17.1 Å². The van der Waals surface area contributed by atoms with E-state index >= 15 is 0 Å². The standard InChI is InChI=1S/C28H20BrNO3/c1-32-24-9-5-8-23(18-24)30-26(19-6-3-2-4-7-19)17-21(28(30)31)16-25-14-15-27(33-25)20-10-12-22(29)13-11-20/h2-18H,1H3. The molecule has 0 saturated carbocycles. The summed E-state index contributed by atoms with van der Waals surface area (Å²) in [6, 6.07) is 29.1. The molecule has 0 aliphatic carbocycles. The molecular weight excluding hydrogens is 478 g/mol. The molecule has 2 heterocycles. The fraction of sp³-hybridized carbons (Fsp3) is 0.0357. The molecule has 0 fully saturated rings. The number of anilines is 1. The number of hydrogen-bond acceptors (Lipinski definition) is 3. The lowest BCUT2D eigenvalue weighted by atomic mass is 10.1. The first kappa shape index (κ1) is 21.0. The van der Waals surface area contributed by atoms with E-state index in [0.717, 1.165) is 32.7 Å². The molecule has 0 atom stereocenters. The number of ether oxygens (including phenoxy) is 1. The largest absolute Gasteiger partial charge is 0.497 e. The molecule has 0 N–H and O–H groups in total. The number of hydrogen-bond donors (Lipinski definition) is 0. The average Bonchev–Trinajstić information content (AvgIpc) is 3.45. The third-order valence-corrected chi connectivity index (χ3v) is 5.95. The molecule has 1 amide bonds. The van der Waals surface area contributed by atoms with Crippen molar-refractivity contribution in [2.24, 2.45) is 0 Å². The van der Waals surface area contributed by atoms with Crippen LogP contribution < -0.4 is 9.64 Å². The first-order chi connectivity index (χ1) is 16.1. The van der Waals surface area contributed by atoms with E-state index in [1.165, 1.54) is 0 Å². The second-order valence-electron chi connectivity index (χ2n) is 7.55. The lowest BCUT2D eigenvalue weighted by molar-refractivity contribution is -0.113. The molecule has 5 rings (SSSR count). The number of furan rings is 1. The summed E-state index contributed by atoms with van der Waals surface area (Å²) >= 11 is 3.45. The van der Waals surface area contributed by atoms with Crippen molar-refractivity contribution in [3.63, 3.8) is 0 Å². The number of rotatable bonds is 5. The van der Waals surface area contributed by atoms with E-state index in [1.807, 2.05) is 97.1 Å². The third kappa shape index (κ3) is 4.28. The Morgan fingerprint density at radius 2 is 1.67 bits per heavy atom. The molecule has 3 aromatic carbocycles. The highest BCUT2D eigenvalue weighted by Gasteiger charge is 2.30. The van der Waals surface area contributed by atoms with Gasteiger partial charge in [0.1, 0.15) is 17.3 Å². The molecule has 0 radical (unpaired) electrons. The minimum atomic E-state index is -0.122. The van der Waals surface area contributed by atoms with Crippen molar-refractivity contribution in [3.8, 4) is 17.1 Å². The highest BCUT2D eigenvalue weighted by molar-refractivity contribution is 9.10. The smallest absolute Gasteiger partial charge is 0.263 e. The number of carbonyl (C=O) groups excluding carboxylic acids is 1. The first-order valence-electron chi connectivity index (χ1n) is 10.5. The molecule has 0 spiro atoms. The van der Waals surface area contributed by atoms with Crippen molar-refractivity contribution in [3.05, 3.63) is 118 Å². The van der Waals surface area contributed by atoms with E-state index in [9.17, 15) is 4.79 Å². The molecule has 0 unspecified atom stereocenters. The molecule has 4 aromatic rings. The lowest BCUT2D eigenvalue weighted by Crippen LogP contribution is -2.24. The second-order valence-corrected chi connectivity index (χ2v) is 8.46. The van der Waals surface area contributed by atoms with Gasteiger partial charge in [0.2, 0.25) is 0 Å². The lowest BCUT2D eigenvalue weighted by Gasteiger charge is -2.21. The van der Waals surface area contributed by atoms with Gasteiger partial charge in [-0.05, 0) is 54.1 Å². The van der Waals surface area contributed by atoms with E-state index < -0.39 is 0 Å². The zero-order valence-corrected chi connectivity index (χ0v) is 19.5. The van der Waals surface area contributed by atoms with Gasteiger partial charge in [0, 0.05) is 21.7 Å². The summed E-state index contributed by atoms with van der Waals surface area (Å²) in [7, 11) is 1.62. The van der Waals surface area contributed by atoms with Crippen molar-refractivity contribution in [1.29, 1.82) is 0 Å². The molecule has 0 saturated heterocycles. The zero-order chi connectivity index (χ0) is 22.8. The van der Waals surface area contributed by atoms with Crippen LogP contribution >= 0.6 is 15.9 Å². The zero-order valence-electron chi connectivity index (χ0n) is 17.9. The topological polar surface area (TPSA) is 42.7 Å². The monoisotopic (exact) mass is 497 g/mol. The fourth-order valence-electron chi connectivity index (χ4n) is 3.80. The van der Waals surface area contributed by atoms with Gasteiger partial charge >= 0.3 is 0 Å². The van der Waals surface area contributed by atoms with Gasteiger partial charge in [0.05, 0.1) is 18.5 Å². The Morgan fingerprint density at radius 1 is 0.879 bits per heavy atom. The number of nitrogens with zero attached hydrogens (tertiary/aromatic N) is 1. The Kier molecular flexibility index (Phi) is 5.71. The Hall–Kier alpha value is -3.83. The van der Waals surface area contributed by atoms with Gasteiger partial charge in [-0.2, -0.15) is 0 Å². The fourth-order valence-corrected chi connectivity index (χ4v) is 4.06. The maximum absolute atomic E-state index is 13.5. The van der Waals surface area contributed by atoms with Crippen LogP contribution in [0.25, 0.3) is 23.1 Å². The minimum Gasteiger partial charge on any atom is -0.497 e. The van der Waals surface area contributed by atoms with Gasteiger partial charge in [-0.25, -0.2) is 0 Å².